The second-order valence-electron chi connectivity index (χ2n) is 7.75. The Labute approximate surface area is 171 Å². The van der Waals surface area contributed by atoms with Crippen LogP contribution in [0.5, 0.6) is 5.88 Å². The number of nitrogens with one attached hydrogen (secondary N) is 1. The molecule has 3 aromatic rings. The lowest BCUT2D eigenvalue weighted by Gasteiger charge is -2.13. The zero-order valence-corrected chi connectivity index (χ0v) is 16.4. The van der Waals surface area contributed by atoms with Crippen molar-refractivity contribution in [2.24, 2.45) is 0 Å². The van der Waals surface area contributed by atoms with Crippen LogP contribution in [0.15, 0.2) is 36.5 Å². The van der Waals surface area contributed by atoms with Gasteiger partial charge in [0.2, 0.25) is 5.88 Å². The van der Waals surface area contributed by atoms with Gasteiger partial charge in [-0.15, -0.1) is 0 Å². The zero-order chi connectivity index (χ0) is 20.8. The number of rotatable bonds is 5. The molecule has 1 aliphatic heterocycles. The minimum absolute atomic E-state index is 0.279. The average Bonchev–Trinajstić information content (AvgIpc) is 3.41. The van der Waals surface area contributed by atoms with E-state index in [1.54, 1.807) is 16.8 Å². The lowest BCUT2D eigenvalue weighted by atomic mass is 10.1. The number of ether oxygens (including phenoxy) is 1. The van der Waals surface area contributed by atoms with E-state index in [1.165, 1.54) is 25.3 Å². The fraction of sp³-hybridized carbons (Fsp3) is 0.318. The van der Waals surface area contributed by atoms with Gasteiger partial charge in [-0.05, 0) is 55.0 Å². The lowest BCUT2D eigenvalue weighted by molar-refractivity contribution is 0.0936. The van der Waals surface area contributed by atoms with Gasteiger partial charge in [0.05, 0.1) is 30.7 Å². The van der Waals surface area contributed by atoms with Gasteiger partial charge in [0.15, 0.2) is 5.82 Å². The number of hydrogen-bond donors (Lipinski definition) is 1. The van der Waals surface area contributed by atoms with Crippen molar-refractivity contribution >= 4 is 5.91 Å². The molecule has 1 aromatic carbocycles. The fourth-order valence-electron chi connectivity index (χ4n) is 3.93. The zero-order valence-electron chi connectivity index (χ0n) is 16.4. The molecule has 0 unspecified atom stereocenters. The number of amides is 1. The van der Waals surface area contributed by atoms with Crippen molar-refractivity contribution in [3.63, 3.8) is 0 Å². The number of methoxy groups -OCH3 is 1. The van der Waals surface area contributed by atoms with Gasteiger partial charge in [0, 0.05) is 23.7 Å². The third-order valence-electron chi connectivity index (χ3n) is 5.65. The Hall–Kier alpha value is -3.29. The first-order valence-electron chi connectivity index (χ1n) is 9.91. The Bertz CT molecular complexity index is 1140. The number of carbonyl (C=O) groups excluding carboxylic acids is 1. The number of halogens is 2. The van der Waals surface area contributed by atoms with Crippen LogP contribution < -0.4 is 10.1 Å². The standard InChI is InChI=1S/C22H20F2N4O2/c1-30-21-9-16(17(24)11-25-21)19-10-20-18(4-5-28(20)27-19)26-22(29)14-6-13(12-2-3-12)7-15(23)8-14/h6-12,18H,2-5H2,1H3,(H,26,29)/t18-/m0/s1. The molecule has 2 aromatic heterocycles. The highest BCUT2D eigenvalue weighted by Gasteiger charge is 2.29. The highest BCUT2D eigenvalue weighted by Crippen LogP contribution is 2.40. The molecule has 154 valence electrons. The van der Waals surface area contributed by atoms with Crippen molar-refractivity contribution in [2.75, 3.05) is 7.11 Å². The highest BCUT2D eigenvalue weighted by molar-refractivity contribution is 5.94. The highest BCUT2D eigenvalue weighted by atomic mass is 19.1. The fourth-order valence-corrected chi connectivity index (χ4v) is 3.93. The monoisotopic (exact) mass is 410 g/mol. The van der Waals surface area contributed by atoms with Crippen LogP contribution in [0.2, 0.25) is 0 Å². The van der Waals surface area contributed by atoms with Crippen molar-refractivity contribution in [1.82, 2.24) is 20.1 Å². The smallest absolute Gasteiger partial charge is 0.251 e. The molecule has 1 fully saturated rings. The first-order valence-corrected chi connectivity index (χ1v) is 9.91. The van der Waals surface area contributed by atoms with E-state index in [-0.39, 0.29) is 17.5 Å². The molecule has 0 bridgehead atoms. The summed E-state index contributed by atoms with van der Waals surface area (Å²) in [5.41, 5.74) is 2.71. The minimum Gasteiger partial charge on any atom is -0.481 e. The number of nitrogens with zero attached hydrogens (tertiary/aromatic N) is 3. The average molecular weight is 410 g/mol. The van der Waals surface area contributed by atoms with E-state index in [2.05, 4.69) is 15.4 Å². The maximum Gasteiger partial charge on any atom is 0.251 e. The Morgan fingerprint density at radius 1 is 1.17 bits per heavy atom. The maximum absolute atomic E-state index is 14.3. The van der Waals surface area contributed by atoms with E-state index in [4.69, 9.17) is 4.74 Å². The van der Waals surface area contributed by atoms with E-state index in [0.717, 1.165) is 30.3 Å². The molecule has 30 heavy (non-hydrogen) atoms. The number of hydrogen-bond acceptors (Lipinski definition) is 4. The van der Waals surface area contributed by atoms with E-state index < -0.39 is 11.6 Å². The largest absolute Gasteiger partial charge is 0.481 e. The summed E-state index contributed by atoms with van der Waals surface area (Å²) in [6.07, 6.45) is 3.83. The Morgan fingerprint density at radius 3 is 2.77 bits per heavy atom. The van der Waals surface area contributed by atoms with Gasteiger partial charge in [-0.3, -0.25) is 9.48 Å². The first kappa shape index (κ1) is 18.7. The number of fused-ring (bicyclic) bond motifs is 1. The number of benzene rings is 1. The van der Waals surface area contributed by atoms with Gasteiger partial charge >= 0.3 is 0 Å². The normalized spacial score (nSPS) is 17.6. The third kappa shape index (κ3) is 3.42. The molecular formula is C22H20F2N4O2. The predicted octanol–water partition coefficient (Wildman–Crippen LogP) is 3.98. The quantitative estimate of drug-likeness (QED) is 0.691. The van der Waals surface area contributed by atoms with Gasteiger partial charge in [-0.2, -0.15) is 5.10 Å². The topological polar surface area (TPSA) is 69.0 Å². The second kappa shape index (κ2) is 7.19. The van der Waals surface area contributed by atoms with Crippen molar-refractivity contribution in [3.8, 4) is 17.1 Å². The van der Waals surface area contributed by atoms with Crippen LogP contribution in [0.3, 0.4) is 0 Å². The van der Waals surface area contributed by atoms with Crippen molar-refractivity contribution in [3.05, 3.63) is 65.0 Å². The van der Waals surface area contributed by atoms with Crippen LogP contribution in [0.25, 0.3) is 11.3 Å². The minimum atomic E-state index is -0.500. The van der Waals surface area contributed by atoms with Crippen molar-refractivity contribution in [2.45, 2.75) is 37.8 Å². The number of aromatic nitrogens is 3. The van der Waals surface area contributed by atoms with Gasteiger partial charge in [-0.1, -0.05) is 0 Å². The maximum atomic E-state index is 14.3. The van der Waals surface area contributed by atoms with Gasteiger partial charge in [0.1, 0.15) is 5.82 Å². The summed E-state index contributed by atoms with van der Waals surface area (Å²) in [6, 6.07) is 7.51. The van der Waals surface area contributed by atoms with Crippen LogP contribution in [-0.2, 0) is 6.54 Å². The molecular weight excluding hydrogens is 390 g/mol. The molecule has 1 saturated carbocycles. The number of carbonyl (C=O) groups is 1. The Morgan fingerprint density at radius 2 is 2.00 bits per heavy atom. The van der Waals surface area contributed by atoms with E-state index in [9.17, 15) is 13.6 Å². The van der Waals surface area contributed by atoms with Crippen molar-refractivity contribution < 1.29 is 18.3 Å². The van der Waals surface area contributed by atoms with Crippen LogP contribution >= 0.6 is 0 Å². The molecule has 8 heteroatoms. The number of aryl methyl sites for hydroxylation is 1. The van der Waals surface area contributed by atoms with Gasteiger partial charge in [-0.25, -0.2) is 13.8 Å². The first-order chi connectivity index (χ1) is 14.5. The van der Waals surface area contributed by atoms with E-state index in [1.807, 2.05) is 0 Å². The van der Waals surface area contributed by atoms with Crippen LogP contribution in [-0.4, -0.2) is 27.8 Å². The van der Waals surface area contributed by atoms with Gasteiger partial charge < -0.3 is 10.1 Å². The summed E-state index contributed by atoms with van der Waals surface area (Å²) in [7, 11) is 1.46. The van der Waals surface area contributed by atoms with E-state index in [0.29, 0.717) is 36.0 Å². The van der Waals surface area contributed by atoms with E-state index >= 15 is 0 Å². The Kier molecular flexibility index (Phi) is 4.49. The second-order valence-corrected chi connectivity index (χ2v) is 7.75. The molecule has 2 aliphatic rings. The Balaban J connectivity index is 1.39. The number of pyridine rings is 1. The summed E-state index contributed by atoms with van der Waals surface area (Å²) in [5, 5.41) is 7.44. The molecule has 0 radical (unpaired) electrons. The molecule has 0 saturated heterocycles. The van der Waals surface area contributed by atoms with Crippen LogP contribution in [0.4, 0.5) is 8.78 Å². The van der Waals surface area contributed by atoms with Crippen molar-refractivity contribution in [1.29, 1.82) is 0 Å². The van der Waals surface area contributed by atoms with Gasteiger partial charge in [0.25, 0.3) is 5.91 Å². The summed E-state index contributed by atoms with van der Waals surface area (Å²) in [4.78, 5) is 16.6. The molecule has 1 amide bonds. The summed E-state index contributed by atoms with van der Waals surface area (Å²) >= 11 is 0. The molecule has 1 N–H and O–H groups in total. The lowest BCUT2D eigenvalue weighted by Crippen LogP contribution is -2.27. The van der Waals surface area contributed by atoms with Crippen LogP contribution in [0, 0.1) is 11.6 Å². The molecule has 1 atom stereocenters. The third-order valence-corrected chi connectivity index (χ3v) is 5.65. The summed E-state index contributed by atoms with van der Waals surface area (Å²) in [5.74, 6) is -0.572. The molecule has 0 spiro atoms. The predicted molar refractivity (Wildman–Crippen MR) is 105 cm³/mol. The molecule has 6 nitrogen and oxygen atoms in total. The molecule has 3 heterocycles. The molecule has 5 rings (SSSR count). The molecule has 1 aliphatic carbocycles. The summed E-state index contributed by atoms with van der Waals surface area (Å²) in [6.45, 7) is 0.598. The SMILES string of the molecule is COc1cc(-c2cc3n(n2)CC[C@@H]3NC(=O)c2cc(F)cc(C3CC3)c2)c(F)cn1. The van der Waals surface area contributed by atoms with Crippen LogP contribution in [0.1, 0.15) is 52.8 Å². The summed E-state index contributed by atoms with van der Waals surface area (Å²) < 4.78 is 35.1.